The zero-order valence-electron chi connectivity index (χ0n) is 16.9. The lowest BCUT2D eigenvalue weighted by Crippen LogP contribution is -2.15. The van der Waals surface area contributed by atoms with E-state index in [1.165, 1.54) is 7.11 Å². The van der Waals surface area contributed by atoms with Crippen LogP contribution in [0.5, 0.6) is 11.5 Å². The highest BCUT2D eigenvalue weighted by Gasteiger charge is 2.16. The van der Waals surface area contributed by atoms with E-state index in [1.807, 2.05) is 6.07 Å². The lowest BCUT2D eigenvalue weighted by molar-refractivity contribution is -0.116. The maximum absolute atomic E-state index is 12.3. The molecule has 0 saturated heterocycles. The van der Waals surface area contributed by atoms with Gasteiger partial charge in [0.15, 0.2) is 11.7 Å². The van der Waals surface area contributed by atoms with Gasteiger partial charge in [0.1, 0.15) is 11.5 Å². The van der Waals surface area contributed by atoms with E-state index in [0.717, 1.165) is 5.56 Å². The third-order valence-corrected chi connectivity index (χ3v) is 4.40. The van der Waals surface area contributed by atoms with Gasteiger partial charge in [0.2, 0.25) is 5.91 Å². The van der Waals surface area contributed by atoms with E-state index < -0.39 is 5.97 Å². The van der Waals surface area contributed by atoms with Crippen molar-refractivity contribution in [1.82, 2.24) is 4.98 Å². The van der Waals surface area contributed by atoms with E-state index in [-0.39, 0.29) is 12.3 Å². The molecule has 0 fully saturated rings. The zero-order valence-corrected chi connectivity index (χ0v) is 16.9. The van der Waals surface area contributed by atoms with Crippen LogP contribution in [0.2, 0.25) is 0 Å². The number of nitrogens with one attached hydrogen (secondary N) is 1. The number of aryl methyl sites for hydroxylation is 1. The van der Waals surface area contributed by atoms with Gasteiger partial charge < -0.3 is 23.9 Å². The Kier molecular flexibility index (Phi) is 6.69. The van der Waals surface area contributed by atoms with Gasteiger partial charge in [-0.25, -0.2) is 9.78 Å². The van der Waals surface area contributed by atoms with E-state index in [2.05, 4.69) is 10.3 Å². The molecule has 0 unspecified atom stereocenters. The lowest BCUT2D eigenvalue weighted by atomic mass is 10.1. The third-order valence-electron chi connectivity index (χ3n) is 4.40. The fourth-order valence-corrected chi connectivity index (χ4v) is 2.87. The van der Waals surface area contributed by atoms with Crippen LogP contribution >= 0.6 is 0 Å². The summed E-state index contributed by atoms with van der Waals surface area (Å²) in [6, 6.07) is 12.0. The SMILES string of the molecule is COC(=O)c1ccccc1NC(=O)CCc1ncc(-c2ccc(OC)cc2OC)o1. The van der Waals surface area contributed by atoms with Crippen molar-refractivity contribution in [1.29, 1.82) is 0 Å². The average Bonchev–Trinajstić information content (AvgIpc) is 3.26. The van der Waals surface area contributed by atoms with Crippen molar-refractivity contribution in [2.75, 3.05) is 26.6 Å². The molecule has 0 atom stereocenters. The summed E-state index contributed by atoms with van der Waals surface area (Å²) < 4.78 is 21.1. The summed E-state index contributed by atoms with van der Waals surface area (Å²) in [4.78, 5) is 28.4. The van der Waals surface area contributed by atoms with Gasteiger partial charge in [-0.1, -0.05) is 12.1 Å². The molecule has 1 heterocycles. The molecule has 0 saturated carbocycles. The van der Waals surface area contributed by atoms with Crippen LogP contribution in [0.25, 0.3) is 11.3 Å². The number of amides is 1. The molecule has 0 aliphatic carbocycles. The number of carbonyl (C=O) groups is 2. The Morgan fingerprint density at radius 2 is 1.87 bits per heavy atom. The second kappa shape index (κ2) is 9.60. The number of anilines is 1. The van der Waals surface area contributed by atoms with E-state index in [4.69, 9.17) is 18.6 Å². The van der Waals surface area contributed by atoms with E-state index in [9.17, 15) is 9.59 Å². The number of hydrogen-bond acceptors (Lipinski definition) is 7. The van der Waals surface area contributed by atoms with Crippen molar-refractivity contribution >= 4 is 17.6 Å². The number of nitrogens with zero attached hydrogens (tertiary/aromatic N) is 1. The maximum Gasteiger partial charge on any atom is 0.339 e. The van der Waals surface area contributed by atoms with Crippen molar-refractivity contribution < 1.29 is 28.2 Å². The van der Waals surface area contributed by atoms with Gasteiger partial charge in [0.25, 0.3) is 0 Å². The number of oxazole rings is 1. The molecule has 0 aliphatic rings. The first-order valence-corrected chi connectivity index (χ1v) is 9.20. The molecule has 3 aromatic rings. The first-order valence-electron chi connectivity index (χ1n) is 9.20. The number of carbonyl (C=O) groups excluding carboxylic acids is 2. The van der Waals surface area contributed by atoms with Gasteiger partial charge in [-0.15, -0.1) is 0 Å². The molecule has 156 valence electrons. The van der Waals surface area contributed by atoms with Gasteiger partial charge in [-0.3, -0.25) is 4.79 Å². The van der Waals surface area contributed by atoms with Gasteiger partial charge in [0.05, 0.1) is 44.3 Å². The number of aromatic nitrogens is 1. The predicted molar refractivity (Wildman–Crippen MR) is 110 cm³/mol. The highest BCUT2D eigenvalue weighted by Crippen LogP contribution is 2.33. The number of benzene rings is 2. The molecule has 3 rings (SSSR count). The van der Waals surface area contributed by atoms with Crippen molar-refractivity contribution in [2.24, 2.45) is 0 Å². The van der Waals surface area contributed by atoms with Crippen molar-refractivity contribution in [3.05, 3.63) is 60.1 Å². The molecule has 8 heteroatoms. The zero-order chi connectivity index (χ0) is 21.5. The number of methoxy groups -OCH3 is 3. The third kappa shape index (κ3) is 4.78. The molecule has 0 radical (unpaired) electrons. The summed E-state index contributed by atoms with van der Waals surface area (Å²) in [5.74, 6) is 1.42. The number of hydrogen-bond donors (Lipinski definition) is 1. The Bertz CT molecular complexity index is 1040. The fourth-order valence-electron chi connectivity index (χ4n) is 2.87. The predicted octanol–water partition coefficient (Wildman–Crippen LogP) is 3.72. The second-order valence-electron chi connectivity index (χ2n) is 6.27. The quantitative estimate of drug-likeness (QED) is 0.565. The largest absolute Gasteiger partial charge is 0.497 e. The summed E-state index contributed by atoms with van der Waals surface area (Å²) in [6.07, 6.45) is 2.02. The highest BCUT2D eigenvalue weighted by atomic mass is 16.5. The van der Waals surface area contributed by atoms with Crippen LogP contribution in [0.4, 0.5) is 5.69 Å². The smallest absolute Gasteiger partial charge is 0.339 e. The molecule has 8 nitrogen and oxygen atoms in total. The van der Waals surface area contributed by atoms with Gasteiger partial charge in [-0.05, 0) is 24.3 Å². The van der Waals surface area contributed by atoms with E-state index >= 15 is 0 Å². The Morgan fingerprint density at radius 3 is 2.60 bits per heavy atom. The number of esters is 1. The minimum Gasteiger partial charge on any atom is -0.497 e. The summed E-state index contributed by atoms with van der Waals surface area (Å²) in [7, 11) is 4.43. The topological polar surface area (TPSA) is 99.9 Å². The fraction of sp³-hybridized carbons (Fsp3) is 0.227. The lowest BCUT2D eigenvalue weighted by Gasteiger charge is -2.09. The first-order chi connectivity index (χ1) is 14.5. The first kappa shape index (κ1) is 20.9. The normalized spacial score (nSPS) is 10.4. The highest BCUT2D eigenvalue weighted by molar-refractivity contribution is 6.01. The van der Waals surface area contributed by atoms with E-state index in [0.29, 0.717) is 40.8 Å². The van der Waals surface area contributed by atoms with Crippen LogP contribution in [-0.2, 0) is 16.0 Å². The molecule has 0 bridgehead atoms. The molecule has 2 aromatic carbocycles. The summed E-state index contributed by atoms with van der Waals surface area (Å²) in [5.41, 5.74) is 1.41. The van der Waals surface area contributed by atoms with Crippen LogP contribution < -0.4 is 14.8 Å². The Morgan fingerprint density at radius 1 is 1.07 bits per heavy atom. The van der Waals surface area contributed by atoms with Gasteiger partial charge in [0, 0.05) is 18.9 Å². The Labute approximate surface area is 173 Å². The minimum absolute atomic E-state index is 0.134. The van der Waals surface area contributed by atoms with E-state index in [1.54, 1.807) is 56.8 Å². The van der Waals surface area contributed by atoms with Crippen LogP contribution in [0.1, 0.15) is 22.7 Å². The number of ether oxygens (including phenoxy) is 3. The molecular formula is C22H22N2O6. The molecule has 1 aromatic heterocycles. The average molecular weight is 410 g/mol. The molecule has 1 N–H and O–H groups in total. The summed E-state index contributed by atoms with van der Waals surface area (Å²) in [5, 5.41) is 2.72. The minimum atomic E-state index is -0.517. The summed E-state index contributed by atoms with van der Waals surface area (Å²) in [6.45, 7) is 0. The van der Waals surface area contributed by atoms with Crippen LogP contribution in [-0.4, -0.2) is 38.2 Å². The molecule has 1 amide bonds. The number of para-hydroxylation sites is 1. The molecule has 30 heavy (non-hydrogen) atoms. The standard InChI is InChI=1S/C22H22N2O6/c1-27-14-8-9-16(18(12-14)28-2)19-13-23-21(30-19)11-10-20(25)24-17-7-5-4-6-15(17)22(26)29-3/h4-9,12-13H,10-11H2,1-3H3,(H,24,25). The maximum atomic E-state index is 12.3. The van der Waals surface area contributed by atoms with Crippen molar-refractivity contribution in [2.45, 2.75) is 12.8 Å². The van der Waals surface area contributed by atoms with Crippen LogP contribution in [0.15, 0.2) is 53.1 Å². The summed E-state index contributed by atoms with van der Waals surface area (Å²) >= 11 is 0. The van der Waals surface area contributed by atoms with Gasteiger partial charge >= 0.3 is 5.97 Å². The van der Waals surface area contributed by atoms with Crippen LogP contribution in [0, 0.1) is 0 Å². The molecular weight excluding hydrogens is 388 g/mol. The van der Waals surface area contributed by atoms with Crippen molar-refractivity contribution in [3.63, 3.8) is 0 Å². The molecule has 0 spiro atoms. The second-order valence-corrected chi connectivity index (χ2v) is 6.27. The van der Waals surface area contributed by atoms with Crippen LogP contribution in [0.3, 0.4) is 0 Å². The molecule has 0 aliphatic heterocycles. The van der Waals surface area contributed by atoms with Crippen molar-refractivity contribution in [3.8, 4) is 22.8 Å². The van der Waals surface area contributed by atoms with Gasteiger partial charge in [-0.2, -0.15) is 0 Å². The Hall–Kier alpha value is -3.81. The monoisotopic (exact) mass is 410 g/mol. The number of rotatable bonds is 8. The Balaban J connectivity index is 1.65.